The maximum absolute atomic E-state index is 12.8. The highest BCUT2D eigenvalue weighted by Crippen LogP contribution is 2.31. The standard InChI is InChI=1S/C19H28N2O4/c1-23-16-8-6-15(7-9-16)18-5-3-2-4-10-21(18)19(22)20-13-17-14-24-11-12-25-17/h6-9,17-18H,2-5,10-14H2,1H3,(H,20,22)/t17-,18+/m0/s1. The fraction of sp³-hybridized carbons (Fsp3) is 0.632. The van der Waals surface area contributed by atoms with Gasteiger partial charge in [-0.15, -0.1) is 0 Å². The van der Waals surface area contributed by atoms with Crippen molar-refractivity contribution in [2.24, 2.45) is 0 Å². The smallest absolute Gasteiger partial charge is 0.318 e. The summed E-state index contributed by atoms with van der Waals surface area (Å²) >= 11 is 0. The quantitative estimate of drug-likeness (QED) is 0.909. The molecule has 25 heavy (non-hydrogen) atoms. The number of carbonyl (C=O) groups is 1. The molecule has 2 fully saturated rings. The fourth-order valence-electron chi connectivity index (χ4n) is 3.48. The van der Waals surface area contributed by atoms with Gasteiger partial charge in [-0.2, -0.15) is 0 Å². The predicted molar refractivity (Wildman–Crippen MR) is 94.9 cm³/mol. The van der Waals surface area contributed by atoms with E-state index < -0.39 is 0 Å². The minimum Gasteiger partial charge on any atom is -0.497 e. The number of nitrogens with zero attached hydrogens (tertiary/aromatic N) is 1. The van der Waals surface area contributed by atoms with Crippen molar-refractivity contribution in [3.63, 3.8) is 0 Å². The van der Waals surface area contributed by atoms with Crippen molar-refractivity contribution in [1.82, 2.24) is 10.2 Å². The van der Waals surface area contributed by atoms with Gasteiger partial charge in [0, 0.05) is 13.1 Å². The van der Waals surface area contributed by atoms with Gasteiger partial charge in [-0.3, -0.25) is 0 Å². The van der Waals surface area contributed by atoms with E-state index in [2.05, 4.69) is 17.4 Å². The Hall–Kier alpha value is -1.79. The maximum atomic E-state index is 12.8. The second-order valence-electron chi connectivity index (χ2n) is 6.59. The molecule has 0 spiro atoms. The number of amides is 2. The molecular formula is C19H28N2O4. The van der Waals surface area contributed by atoms with E-state index in [-0.39, 0.29) is 18.2 Å². The molecule has 0 saturated carbocycles. The number of hydrogen-bond acceptors (Lipinski definition) is 4. The highest BCUT2D eigenvalue weighted by atomic mass is 16.6. The molecule has 138 valence electrons. The normalized spacial score (nSPS) is 24.4. The Bertz CT molecular complexity index is 543. The van der Waals surface area contributed by atoms with Crippen LogP contribution in [0.25, 0.3) is 0 Å². The largest absolute Gasteiger partial charge is 0.497 e. The summed E-state index contributed by atoms with van der Waals surface area (Å²) in [6.45, 7) is 3.05. The fourth-order valence-corrected chi connectivity index (χ4v) is 3.48. The van der Waals surface area contributed by atoms with Gasteiger partial charge in [0.15, 0.2) is 0 Å². The van der Waals surface area contributed by atoms with E-state index in [9.17, 15) is 4.79 Å². The molecular weight excluding hydrogens is 320 g/mol. The molecule has 6 nitrogen and oxygen atoms in total. The van der Waals surface area contributed by atoms with Crippen LogP contribution in [0.15, 0.2) is 24.3 Å². The molecule has 2 amide bonds. The zero-order valence-corrected chi connectivity index (χ0v) is 14.9. The van der Waals surface area contributed by atoms with E-state index in [0.717, 1.165) is 43.5 Å². The number of carbonyl (C=O) groups excluding carboxylic acids is 1. The van der Waals surface area contributed by atoms with E-state index in [1.807, 2.05) is 17.0 Å². The van der Waals surface area contributed by atoms with Crippen molar-refractivity contribution in [2.45, 2.75) is 37.8 Å². The number of rotatable bonds is 4. The van der Waals surface area contributed by atoms with E-state index in [4.69, 9.17) is 14.2 Å². The molecule has 2 aliphatic rings. The molecule has 0 bridgehead atoms. The Kier molecular flexibility index (Phi) is 6.53. The summed E-state index contributed by atoms with van der Waals surface area (Å²) in [5, 5.41) is 3.03. The summed E-state index contributed by atoms with van der Waals surface area (Å²) in [5.41, 5.74) is 1.16. The van der Waals surface area contributed by atoms with Gasteiger partial charge in [-0.1, -0.05) is 25.0 Å². The Morgan fingerprint density at radius 1 is 1.24 bits per heavy atom. The SMILES string of the molecule is COc1ccc([C@H]2CCCCCN2C(=O)NC[C@H]2COCCO2)cc1. The average Bonchev–Trinajstić information content (AvgIpc) is 2.93. The van der Waals surface area contributed by atoms with E-state index in [1.165, 1.54) is 0 Å². The van der Waals surface area contributed by atoms with Gasteiger partial charge in [0.2, 0.25) is 0 Å². The van der Waals surface area contributed by atoms with Crippen molar-refractivity contribution in [3.05, 3.63) is 29.8 Å². The van der Waals surface area contributed by atoms with Gasteiger partial charge in [0.1, 0.15) is 5.75 Å². The van der Waals surface area contributed by atoms with Crippen LogP contribution >= 0.6 is 0 Å². The van der Waals surface area contributed by atoms with Gasteiger partial charge in [0.25, 0.3) is 0 Å². The molecule has 2 aliphatic heterocycles. The summed E-state index contributed by atoms with van der Waals surface area (Å²) in [4.78, 5) is 14.8. The molecule has 1 aromatic rings. The molecule has 0 aliphatic carbocycles. The Morgan fingerprint density at radius 2 is 2.08 bits per heavy atom. The molecule has 0 radical (unpaired) electrons. The molecule has 0 aromatic heterocycles. The van der Waals surface area contributed by atoms with Crippen molar-refractivity contribution in [2.75, 3.05) is 40.0 Å². The lowest BCUT2D eigenvalue weighted by Crippen LogP contribution is -2.46. The first kappa shape index (κ1) is 18.0. The first-order chi connectivity index (χ1) is 12.3. The average molecular weight is 348 g/mol. The Labute approximate surface area is 149 Å². The van der Waals surface area contributed by atoms with Crippen LogP contribution in [0.3, 0.4) is 0 Å². The third-order valence-electron chi connectivity index (χ3n) is 4.88. The number of urea groups is 1. The van der Waals surface area contributed by atoms with Crippen LogP contribution in [0.1, 0.15) is 37.3 Å². The molecule has 6 heteroatoms. The van der Waals surface area contributed by atoms with Crippen molar-refractivity contribution in [1.29, 1.82) is 0 Å². The monoisotopic (exact) mass is 348 g/mol. The van der Waals surface area contributed by atoms with Gasteiger partial charge in [0.05, 0.1) is 39.1 Å². The van der Waals surface area contributed by atoms with Crippen LogP contribution in [-0.4, -0.2) is 57.1 Å². The van der Waals surface area contributed by atoms with Gasteiger partial charge >= 0.3 is 6.03 Å². The lowest BCUT2D eigenvalue weighted by Gasteiger charge is -2.31. The summed E-state index contributed by atoms with van der Waals surface area (Å²) in [6, 6.07) is 8.14. The molecule has 2 atom stereocenters. The highest BCUT2D eigenvalue weighted by molar-refractivity contribution is 5.74. The molecule has 2 heterocycles. The number of methoxy groups -OCH3 is 1. The number of hydrogen-bond donors (Lipinski definition) is 1. The van der Waals surface area contributed by atoms with Crippen molar-refractivity contribution >= 4 is 6.03 Å². The predicted octanol–water partition coefficient (Wildman–Crippen LogP) is 2.74. The van der Waals surface area contributed by atoms with Crippen LogP contribution in [0.4, 0.5) is 4.79 Å². The third-order valence-corrected chi connectivity index (χ3v) is 4.88. The number of likely N-dealkylation sites (tertiary alicyclic amines) is 1. The summed E-state index contributed by atoms with van der Waals surface area (Å²) in [5.74, 6) is 0.836. The van der Waals surface area contributed by atoms with Crippen LogP contribution in [0.2, 0.25) is 0 Å². The molecule has 1 aromatic carbocycles. The van der Waals surface area contributed by atoms with E-state index in [0.29, 0.717) is 26.4 Å². The zero-order valence-electron chi connectivity index (χ0n) is 14.9. The van der Waals surface area contributed by atoms with Crippen molar-refractivity contribution < 1.29 is 19.0 Å². The Balaban J connectivity index is 1.65. The minimum absolute atomic E-state index is 0.0168. The molecule has 0 unspecified atom stereocenters. The lowest BCUT2D eigenvalue weighted by molar-refractivity contribution is -0.0856. The van der Waals surface area contributed by atoms with E-state index in [1.54, 1.807) is 7.11 Å². The number of benzene rings is 1. The summed E-state index contributed by atoms with van der Waals surface area (Å²) in [7, 11) is 1.66. The Morgan fingerprint density at radius 3 is 2.80 bits per heavy atom. The lowest BCUT2D eigenvalue weighted by atomic mass is 10.0. The molecule has 2 saturated heterocycles. The van der Waals surface area contributed by atoms with Gasteiger partial charge < -0.3 is 24.4 Å². The summed E-state index contributed by atoms with van der Waals surface area (Å²) in [6.07, 6.45) is 4.28. The maximum Gasteiger partial charge on any atom is 0.318 e. The van der Waals surface area contributed by atoms with Crippen LogP contribution in [0.5, 0.6) is 5.75 Å². The number of nitrogens with one attached hydrogen (secondary N) is 1. The summed E-state index contributed by atoms with van der Waals surface area (Å²) < 4.78 is 16.2. The highest BCUT2D eigenvalue weighted by Gasteiger charge is 2.27. The molecule has 3 rings (SSSR count). The second-order valence-corrected chi connectivity index (χ2v) is 6.59. The number of ether oxygens (including phenoxy) is 3. The van der Waals surface area contributed by atoms with Crippen LogP contribution in [0, 0.1) is 0 Å². The zero-order chi connectivity index (χ0) is 17.5. The van der Waals surface area contributed by atoms with Crippen molar-refractivity contribution in [3.8, 4) is 5.75 Å². The minimum atomic E-state index is -0.0517. The second kappa shape index (κ2) is 9.06. The topological polar surface area (TPSA) is 60.0 Å². The van der Waals surface area contributed by atoms with E-state index >= 15 is 0 Å². The van der Waals surface area contributed by atoms with Gasteiger partial charge in [-0.05, 0) is 30.5 Å². The van der Waals surface area contributed by atoms with Crippen LogP contribution in [-0.2, 0) is 9.47 Å². The third kappa shape index (κ3) is 4.86. The first-order valence-corrected chi connectivity index (χ1v) is 9.15. The molecule has 1 N–H and O–H groups in total. The van der Waals surface area contributed by atoms with Crippen LogP contribution < -0.4 is 10.1 Å². The first-order valence-electron chi connectivity index (χ1n) is 9.15. The van der Waals surface area contributed by atoms with Gasteiger partial charge in [-0.25, -0.2) is 4.79 Å².